The predicted molar refractivity (Wildman–Crippen MR) is 93.3 cm³/mol. The van der Waals surface area contributed by atoms with E-state index in [1.54, 1.807) is 24.3 Å². The van der Waals surface area contributed by atoms with Crippen molar-refractivity contribution < 1.29 is 9.53 Å². The van der Waals surface area contributed by atoms with Crippen molar-refractivity contribution >= 4 is 5.78 Å². The zero-order valence-electron chi connectivity index (χ0n) is 13.7. The molecule has 0 atom stereocenters. The highest BCUT2D eigenvalue weighted by Gasteiger charge is 2.15. The first kappa shape index (κ1) is 16.3. The number of carbonyl (C=O) groups excluding carboxylic acids is 1. The first-order valence-corrected chi connectivity index (χ1v) is 8.54. The minimum Gasteiger partial charge on any atom is -0.457 e. The lowest BCUT2D eigenvalue weighted by molar-refractivity contribution is 0.0997. The fraction of sp³-hybridized carbons (Fsp3) is 0.333. The van der Waals surface area contributed by atoms with E-state index in [1.165, 1.54) is 37.7 Å². The van der Waals surface area contributed by atoms with E-state index in [1.807, 2.05) is 18.2 Å². The molecule has 0 saturated heterocycles. The zero-order valence-corrected chi connectivity index (χ0v) is 13.7. The van der Waals surface area contributed by atoms with Gasteiger partial charge in [-0.15, -0.1) is 0 Å². The number of rotatable bonds is 5. The van der Waals surface area contributed by atoms with E-state index >= 15 is 0 Å². The Bertz CT molecular complexity index is 720. The Morgan fingerprint density at radius 3 is 2.12 bits per heavy atom. The van der Waals surface area contributed by atoms with Crippen LogP contribution >= 0.6 is 0 Å². The summed E-state index contributed by atoms with van der Waals surface area (Å²) in [5.74, 6) is 2.01. The maximum Gasteiger partial charge on any atom is 0.176 e. The van der Waals surface area contributed by atoms with E-state index in [9.17, 15) is 4.79 Å². The highest BCUT2D eigenvalue weighted by atomic mass is 16.5. The van der Waals surface area contributed by atoms with Gasteiger partial charge in [-0.05, 0) is 60.7 Å². The number of nitrogens with zero attached hydrogens (tertiary/aromatic N) is 1. The summed E-state index contributed by atoms with van der Waals surface area (Å²) < 4.78 is 5.84. The summed E-state index contributed by atoms with van der Waals surface area (Å²) in [6, 6.07) is 17.1. The van der Waals surface area contributed by atoms with Crippen LogP contribution in [0.1, 0.15) is 60.4 Å². The smallest absolute Gasteiger partial charge is 0.176 e. The fourth-order valence-corrected chi connectivity index (χ4v) is 3.26. The van der Waals surface area contributed by atoms with Crippen LogP contribution in [0.2, 0.25) is 0 Å². The second kappa shape index (κ2) is 7.79. The van der Waals surface area contributed by atoms with Crippen molar-refractivity contribution in [3.8, 4) is 17.6 Å². The number of nitriles is 1. The van der Waals surface area contributed by atoms with Crippen LogP contribution in [0, 0.1) is 11.3 Å². The van der Waals surface area contributed by atoms with E-state index < -0.39 is 0 Å². The van der Waals surface area contributed by atoms with Gasteiger partial charge in [0.1, 0.15) is 11.5 Å². The number of ether oxygens (including phenoxy) is 1. The third-order valence-electron chi connectivity index (χ3n) is 4.61. The highest BCUT2D eigenvalue weighted by Crippen LogP contribution is 2.33. The SMILES string of the molecule is N#CCC(=O)c1ccc(Oc2ccc(C3CCCCC3)cc2)cc1. The fourth-order valence-electron chi connectivity index (χ4n) is 3.26. The van der Waals surface area contributed by atoms with Crippen molar-refractivity contribution in [1.29, 1.82) is 5.26 Å². The Morgan fingerprint density at radius 1 is 0.958 bits per heavy atom. The second-order valence-electron chi connectivity index (χ2n) is 6.29. The molecule has 0 amide bonds. The summed E-state index contributed by atoms with van der Waals surface area (Å²) in [4.78, 5) is 11.6. The largest absolute Gasteiger partial charge is 0.457 e. The van der Waals surface area contributed by atoms with Crippen molar-refractivity contribution in [2.45, 2.75) is 44.4 Å². The molecule has 24 heavy (non-hydrogen) atoms. The van der Waals surface area contributed by atoms with Gasteiger partial charge in [-0.3, -0.25) is 4.79 Å². The van der Waals surface area contributed by atoms with Crippen molar-refractivity contribution in [2.24, 2.45) is 0 Å². The summed E-state index contributed by atoms with van der Waals surface area (Å²) in [5.41, 5.74) is 1.94. The van der Waals surface area contributed by atoms with Crippen LogP contribution in [-0.2, 0) is 0 Å². The van der Waals surface area contributed by atoms with Crippen LogP contribution in [0.4, 0.5) is 0 Å². The van der Waals surface area contributed by atoms with Gasteiger partial charge in [0.2, 0.25) is 0 Å². The van der Waals surface area contributed by atoms with Gasteiger partial charge >= 0.3 is 0 Å². The molecule has 0 aliphatic heterocycles. The van der Waals surface area contributed by atoms with Crippen LogP contribution in [0.3, 0.4) is 0 Å². The number of benzene rings is 2. The Morgan fingerprint density at radius 2 is 1.54 bits per heavy atom. The molecule has 0 heterocycles. The van der Waals surface area contributed by atoms with Gasteiger partial charge in [0, 0.05) is 5.56 Å². The summed E-state index contributed by atoms with van der Waals surface area (Å²) in [7, 11) is 0. The Balaban J connectivity index is 1.63. The summed E-state index contributed by atoms with van der Waals surface area (Å²) in [6.45, 7) is 0. The number of hydrogen-bond donors (Lipinski definition) is 0. The number of Topliss-reactive ketones (excluding diaryl/α,β-unsaturated/α-hetero) is 1. The normalized spacial score (nSPS) is 14.8. The van der Waals surface area contributed by atoms with Crippen molar-refractivity contribution in [3.05, 3.63) is 59.7 Å². The number of ketones is 1. The molecule has 1 aliphatic carbocycles. The molecule has 1 saturated carbocycles. The Kier molecular flexibility index (Phi) is 5.28. The quantitative estimate of drug-likeness (QED) is 0.672. The number of carbonyl (C=O) groups is 1. The minimum absolute atomic E-state index is 0.0944. The van der Waals surface area contributed by atoms with Crippen LogP contribution < -0.4 is 4.74 Å². The van der Waals surface area contributed by atoms with Crippen molar-refractivity contribution in [1.82, 2.24) is 0 Å². The standard InChI is InChI=1S/C21H21NO2/c22-15-14-21(23)18-8-12-20(13-9-18)24-19-10-6-17(7-11-19)16-4-2-1-3-5-16/h6-13,16H,1-5,14H2. The Hall–Kier alpha value is -2.60. The van der Waals surface area contributed by atoms with E-state index in [-0.39, 0.29) is 12.2 Å². The topological polar surface area (TPSA) is 50.1 Å². The molecule has 0 unspecified atom stereocenters. The van der Waals surface area contributed by atoms with Gasteiger partial charge in [0.25, 0.3) is 0 Å². The van der Waals surface area contributed by atoms with Gasteiger partial charge in [0.05, 0.1) is 12.5 Å². The lowest BCUT2D eigenvalue weighted by Gasteiger charge is -2.22. The second-order valence-corrected chi connectivity index (χ2v) is 6.29. The van der Waals surface area contributed by atoms with Gasteiger partial charge < -0.3 is 4.74 Å². The maximum atomic E-state index is 11.6. The lowest BCUT2D eigenvalue weighted by Crippen LogP contribution is -2.04. The Labute approximate surface area is 142 Å². The molecule has 3 rings (SSSR count). The summed E-state index contributed by atoms with van der Waals surface area (Å²) >= 11 is 0. The van der Waals surface area contributed by atoms with Gasteiger partial charge in [-0.25, -0.2) is 0 Å². The molecule has 2 aromatic carbocycles. The number of hydrogen-bond acceptors (Lipinski definition) is 3. The average Bonchev–Trinajstić information content (AvgIpc) is 2.64. The zero-order chi connectivity index (χ0) is 16.8. The molecular weight excluding hydrogens is 298 g/mol. The molecule has 1 fully saturated rings. The average molecular weight is 319 g/mol. The van der Waals surface area contributed by atoms with E-state index in [4.69, 9.17) is 10.00 Å². The van der Waals surface area contributed by atoms with Gasteiger partial charge in [-0.2, -0.15) is 5.26 Å². The molecule has 3 nitrogen and oxygen atoms in total. The molecule has 0 spiro atoms. The van der Waals surface area contributed by atoms with Crippen LogP contribution in [-0.4, -0.2) is 5.78 Å². The van der Waals surface area contributed by atoms with Gasteiger partial charge in [-0.1, -0.05) is 31.4 Å². The van der Waals surface area contributed by atoms with E-state index in [0.717, 1.165) is 5.75 Å². The molecule has 0 bridgehead atoms. The first-order chi connectivity index (χ1) is 11.8. The molecule has 122 valence electrons. The molecule has 0 N–H and O–H groups in total. The molecule has 3 heteroatoms. The van der Waals surface area contributed by atoms with Crippen LogP contribution in [0.25, 0.3) is 0 Å². The van der Waals surface area contributed by atoms with Crippen molar-refractivity contribution in [2.75, 3.05) is 0 Å². The van der Waals surface area contributed by atoms with Crippen molar-refractivity contribution in [3.63, 3.8) is 0 Å². The molecule has 0 radical (unpaired) electrons. The monoisotopic (exact) mass is 319 g/mol. The predicted octanol–water partition coefficient (Wildman–Crippen LogP) is 5.62. The molecule has 2 aromatic rings. The van der Waals surface area contributed by atoms with Gasteiger partial charge in [0.15, 0.2) is 5.78 Å². The molecule has 1 aliphatic rings. The summed E-state index contributed by atoms with van der Waals surface area (Å²) in [5, 5.41) is 8.57. The third kappa shape index (κ3) is 4.02. The van der Waals surface area contributed by atoms with E-state index in [0.29, 0.717) is 17.2 Å². The third-order valence-corrected chi connectivity index (χ3v) is 4.61. The molecular formula is C21H21NO2. The summed E-state index contributed by atoms with van der Waals surface area (Å²) in [6.07, 6.45) is 6.52. The maximum absolute atomic E-state index is 11.6. The first-order valence-electron chi connectivity index (χ1n) is 8.54. The lowest BCUT2D eigenvalue weighted by atomic mass is 9.84. The highest BCUT2D eigenvalue weighted by molar-refractivity contribution is 5.97. The molecule has 0 aromatic heterocycles. The van der Waals surface area contributed by atoms with Crippen LogP contribution in [0.15, 0.2) is 48.5 Å². The minimum atomic E-state index is -0.166. The van der Waals surface area contributed by atoms with Crippen LogP contribution in [0.5, 0.6) is 11.5 Å². The van der Waals surface area contributed by atoms with E-state index in [2.05, 4.69) is 12.1 Å².